The van der Waals surface area contributed by atoms with E-state index in [4.69, 9.17) is 18.0 Å². The molecule has 7 heteroatoms. The summed E-state index contributed by atoms with van der Waals surface area (Å²) in [5.41, 5.74) is 0.295. The van der Waals surface area contributed by atoms with Gasteiger partial charge in [-0.15, -0.1) is 6.42 Å². The maximum absolute atomic E-state index is 12.1. The maximum Gasteiger partial charge on any atom is 0.319 e. The van der Waals surface area contributed by atoms with E-state index in [0.29, 0.717) is 11.3 Å². The van der Waals surface area contributed by atoms with Gasteiger partial charge in [0.2, 0.25) is 5.15 Å². The molecule has 2 aromatic rings. The van der Waals surface area contributed by atoms with Gasteiger partial charge in [-0.25, -0.2) is 4.98 Å². The maximum atomic E-state index is 12.1. The number of anilines is 1. The van der Waals surface area contributed by atoms with E-state index in [1.54, 1.807) is 24.3 Å². The highest BCUT2D eigenvalue weighted by Crippen LogP contribution is 2.26. The van der Waals surface area contributed by atoms with E-state index in [2.05, 4.69) is 16.2 Å². The Morgan fingerprint density at radius 3 is 2.86 bits per heavy atom. The van der Waals surface area contributed by atoms with Crippen LogP contribution in [0, 0.1) is 22.5 Å². The minimum Gasteiger partial charge on any atom is -0.322 e. The van der Waals surface area contributed by atoms with E-state index in [1.807, 2.05) is 0 Å². The summed E-state index contributed by atoms with van der Waals surface area (Å²) in [6.45, 7) is 0. The molecule has 0 atom stereocenters. The zero-order valence-corrected chi connectivity index (χ0v) is 11.3. The molecule has 0 aliphatic rings. The highest BCUT2D eigenvalue weighted by molar-refractivity contribution is 6.32. The van der Waals surface area contributed by atoms with Crippen molar-refractivity contribution in [3.8, 4) is 12.3 Å². The quantitative estimate of drug-likeness (QED) is 0.409. The molecular weight excluding hydrogens is 294 g/mol. The largest absolute Gasteiger partial charge is 0.322 e. The minimum absolute atomic E-state index is 0.175. The van der Waals surface area contributed by atoms with Crippen LogP contribution in [0.2, 0.25) is 5.15 Å². The van der Waals surface area contributed by atoms with Crippen LogP contribution < -0.4 is 5.32 Å². The monoisotopic (exact) mass is 301 g/mol. The summed E-state index contributed by atoms with van der Waals surface area (Å²) >= 11 is 5.66. The zero-order valence-electron chi connectivity index (χ0n) is 10.5. The van der Waals surface area contributed by atoms with Crippen LogP contribution in [0.4, 0.5) is 11.4 Å². The number of carbonyl (C=O) groups is 1. The van der Waals surface area contributed by atoms with Gasteiger partial charge in [-0.05, 0) is 24.3 Å². The lowest BCUT2D eigenvalue weighted by Gasteiger charge is -2.06. The highest BCUT2D eigenvalue weighted by Gasteiger charge is 2.24. The Morgan fingerprint density at radius 2 is 2.19 bits per heavy atom. The molecule has 1 N–H and O–H groups in total. The summed E-state index contributed by atoms with van der Waals surface area (Å²) in [7, 11) is 0. The number of rotatable bonds is 3. The van der Waals surface area contributed by atoms with Crippen molar-refractivity contribution in [3.05, 3.63) is 62.9 Å². The van der Waals surface area contributed by atoms with Crippen molar-refractivity contribution in [1.29, 1.82) is 0 Å². The highest BCUT2D eigenvalue weighted by atomic mass is 35.5. The number of nitrogens with zero attached hydrogens (tertiary/aromatic N) is 2. The van der Waals surface area contributed by atoms with Crippen molar-refractivity contribution < 1.29 is 9.72 Å². The number of benzene rings is 1. The normalized spacial score (nSPS) is 9.71. The summed E-state index contributed by atoms with van der Waals surface area (Å²) < 4.78 is 0. The fourth-order valence-electron chi connectivity index (χ4n) is 1.67. The van der Waals surface area contributed by atoms with Crippen LogP contribution in [0.15, 0.2) is 36.5 Å². The van der Waals surface area contributed by atoms with Crippen LogP contribution in [0.5, 0.6) is 0 Å². The van der Waals surface area contributed by atoms with Gasteiger partial charge in [-0.2, -0.15) is 0 Å². The van der Waals surface area contributed by atoms with Crippen LogP contribution >= 0.6 is 11.6 Å². The third-order valence-electron chi connectivity index (χ3n) is 2.59. The Bertz CT molecular complexity index is 768. The lowest BCUT2D eigenvalue weighted by molar-refractivity contribution is -0.385. The first-order chi connectivity index (χ1) is 10.0. The first-order valence-electron chi connectivity index (χ1n) is 5.70. The van der Waals surface area contributed by atoms with Gasteiger partial charge in [0, 0.05) is 17.4 Å². The van der Waals surface area contributed by atoms with Crippen LogP contribution in [0.1, 0.15) is 15.9 Å². The van der Waals surface area contributed by atoms with Crippen molar-refractivity contribution in [2.45, 2.75) is 0 Å². The Hall–Kier alpha value is -2.91. The SMILES string of the molecule is C#Cc1cccc(NC(=O)c2ccnc(Cl)c2[N+](=O)[O-])c1. The smallest absolute Gasteiger partial charge is 0.319 e. The number of pyridine rings is 1. The van der Waals surface area contributed by atoms with Crippen molar-refractivity contribution >= 4 is 28.9 Å². The second kappa shape index (κ2) is 6.03. The van der Waals surface area contributed by atoms with E-state index in [9.17, 15) is 14.9 Å². The Labute approximate surface area is 124 Å². The topological polar surface area (TPSA) is 85.1 Å². The molecule has 0 aliphatic carbocycles. The number of halogens is 1. The number of carbonyl (C=O) groups excluding carboxylic acids is 1. The third kappa shape index (κ3) is 3.16. The standard InChI is InChI=1S/C14H8ClN3O3/c1-2-9-4-3-5-10(8-9)17-14(19)11-6-7-16-13(15)12(11)18(20)21/h1,3-8H,(H,17,19). The molecule has 6 nitrogen and oxygen atoms in total. The fourth-order valence-corrected chi connectivity index (χ4v) is 1.90. The van der Waals surface area contributed by atoms with E-state index in [1.165, 1.54) is 12.3 Å². The van der Waals surface area contributed by atoms with Crippen molar-refractivity contribution in [1.82, 2.24) is 4.98 Å². The van der Waals surface area contributed by atoms with Crippen LogP contribution in [-0.4, -0.2) is 15.8 Å². The van der Waals surface area contributed by atoms with Gasteiger partial charge < -0.3 is 5.32 Å². The molecule has 2 rings (SSSR count). The molecule has 1 amide bonds. The molecule has 1 aromatic carbocycles. The second-order valence-electron chi connectivity index (χ2n) is 3.93. The number of aromatic nitrogens is 1. The van der Waals surface area contributed by atoms with Gasteiger partial charge in [0.05, 0.1) is 4.92 Å². The van der Waals surface area contributed by atoms with Gasteiger partial charge in [0.25, 0.3) is 5.91 Å². The van der Waals surface area contributed by atoms with E-state index in [-0.39, 0.29) is 10.7 Å². The molecule has 0 bridgehead atoms. The molecule has 104 valence electrons. The third-order valence-corrected chi connectivity index (χ3v) is 2.87. The summed E-state index contributed by atoms with van der Waals surface area (Å²) in [6.07, 6.45) is 6.49. The first kappa shape index (κ1) is 14.5. The Kier molecular flexibility index (Phi) is 4.16. The first-order valence-corrected chi connectivity index (χ1v) is 6.07. The Morgan fingerprint density at radius 1 is 1.43 bits per heavy atom. The fraction of sp³-hybridized carbons (Fsp3) is 0. The number of amides is 1. The number of terminal acetylenes is 1. The minimum atomic E-state index is -0.748. The molecule has 21 heavy (non-hydrogen) atoms. The lowest BCUT2D eigenvalue weighted by Crippen LogP contribution is -2.14. The molecule has 0 radical (unpaired) electrons. The van der Waals surface area contributed by atoms with Gasteiger partial charge in [-0.1, -0.05) is 23.6 Å². The molecule has 0 fully saturated rings. The van der Waals surface area contributed by atoms with E-state index in [0.717, 1.165) is 0 Å². The summed E-state index contributed by atoms with van der Waals surface area (Å²) in [5.74, 6) is 1.76. The zero-order chi connectivity index (χ0) is 15.4. The molecule has 0 saturated carbocycles. The average Bonchev–Trinajstić information content (AvgIpc) is 2.46. The number of hydrogen-bond acceptors (Lipinski definition) is 4. The number of nitro groups is 1. The molecule has 0 spiro atoms. The van der Waals surface area contributed by atoms with E-state index < -0.39 is 16.5 Å². The molecule has 0 saturated heterocycles. The van der Waals surface area contributed by atoms with Crippen LogP contribution in [-0.2, 0) is 0 Å². The van der Waals surface area contributed by atoms with Gasteiger partial charge in [-0.3, -0.25) is 14.9 Å². The average molecular weight is 302 g/mol. The van der Waals surface area contributed by atoms with Crippen LogP contribution in [0.3, 0.4) is 0 Å². The van der Waals surface area contributed by atoms with Gasteiger partial charge in [0.15, 0.2) is 0 Å². The van der Waals surface area contributed by atoms with Crippen molar-refractivity contribution in [3.63, 3.8) is 0 Å². The lowest BCUT2D eigenvalue weighted by atomic mass is 10.2. The van der Waals surface area contributed by atoms with Gasteiger partial charge >= 0.3 is 5.69 Å². The predicted molar refractivity (Wildman–Crippen MR) is 78.2 cm³/mol. The van der Waals surface area contributed by atoms with E-state index >= 15 is 0 Å². The molecular formula is C14H8ClN3O3. The van der Waals surface area contributed by atoms with Crippen LogP contribution in [0.25, 0.3) is 0 Å². The Balaban J connectivity index is 2.35. The summed E-state index contributed by atoms with van der Waals surface area (Å²) in [4.78, 5) is 26.0. The number of hydrogen-bond donors (Lipinski definition) is 1. The summed E-state index contributed by atoms with van der Waals surface area (Å²) in [6, 6.07) is 7.78. The number of nitrogens with one attached hydrogen (secondary N) is 1. The van der Waals surface area contributed by atoms with Gasteiger partial charge in [0.1, 0.15) is 5.56 Å². The van der Waals surface area contributed by atoms with Crippen molar-refractivity contribution in [2.24, 2.45) is 0 Å². The van der Waals surface area contributed by atoms with Crippen molar-refractivity contribution in [2.75, 3.05) is 5.32 Å². The second-order valence-corrected chi connectivity index (χ2v) is 4.29. The molecule has 0 unspecified atom stereocenters. The summed E-state index contributed by atoms with van der Waals surface area (Å²) in [5, 5.41) is 13.2. The molecule has 1 aromatic heterocycles. The molecule has 1 heterocycles. The molecule has 0 aliphatic heterocycles. The predicted octanol–water partition coefficient (Wildman–Crippen LogP) is 2.88.